The van der Waals surface area contributed by atoms with Crippen LogP contribution in [0.4, 0.5) is 0 Å². The van der Waals surface area contributed by atoms with Gasteiger partial charge < -0.3 is 10.8 Å². The van der Waals surface area contributed by atoms with Crippen LogP contribution in [0, 0.1) is 0 Å². The summed E-state index contributed by atoms with van der Waals surface area (Å²) in [7, 11) is 0. The topological polar surface area (TPSA) is 66.6 Å². The Labute approximate surface area is 107 Å². The van der Waals surface area contributed by atoms with Crippen LogP contribution in [0.3, 0.4) is 0 Å². The van der Waals surface area contributed by atoms with Gasteiger partial charge in [0.25, 0.3) is 0 Å². The van der Waals surface area contributed by atoms with E-state index in [4.69, 9.17) is 5.73 Å². The lowest BCUT2D eigenvalue weighted by molar-refractivity contribution is -0.144. The number of rotatable bonds is 4. The van der Waals surface area contributed by atoms with Crippen LogP contribution in [0.15, 0.2) is 24.3 Å². The van der Waals surface area contributed by atoms with Crippen molar-refractivity contribution in [2.24, 2.45) is 5.73 Å². The lowest BCUT2D eigenvalue weighted by Gasteiger charge is -2.39. The third kappa shape index (κ3) is 2.26. The van der Waals surface area contributed by atoms with Crippen LogP contribution in [0.2, 0.25) is 0 Å². The van der Waals surface area contributed by atoms with E-state index in [0.717, 1.165) is 13.0 Å². The Morgan fingerprint density at radius 3 is 2.89 bits per heavy atom. The molecule has 18 heavy (non-hydrogen) atoms. The lowest BCUT2D eigenvalue weighted by atomic mass is 9.91. The van der Waals surface area contributed by atoms with Crippen LogP contribution >= 0.6 is 0 Å². The highest BCUT2D eigenvalue weighted by atomic mass is 16.4. The Kier molecular flexibility index (Phi) is 3.99. The van der Waals surface area contributed by atoms with E-state index < -0.39 is 12.0 Å². The molecule has 2 unspecified atom stereocenters. The van der Waals surface area contributed by atoms with Gasteiger partial charge in [0, 0.05) is 19.1 Å². The van der Waals surface area contributed by atoms with Gasteiger partial charge >= 0.3 is 5.97 Å². The number of carbonyl (C=O) groups is 1. The fourth-order valence-corrected chi connectivity index (χ4v) is 2.86. The van der Waals surface area contributed by atoms with E-state index in [9.17, 15) is 9.90 Å². The van der Waals surface area contributed by atoms with Crippen LogP contribution in [-0.4, -0.2) is 35.1 Å². The summed E-state index contributed by atoms with van der Waals surface area (Å²) in [4.78, 5) is 13.4. The van der Waals surface area contributed by atoms with E-state index in [0.29, 0.717) is 13.0 Å². The van der Waals surface area contributed by atoms with E-state index in [-0.39, 0.29) is 6.04 Å². The Morgan fingerprint density at radius 1 is 1.56 bits per heavy atom. The quantitative estimate of drug-likeness (QED) is 0.845. The summed E-state index contributed by atoms with van der Waals surface area (Å²) in [5.41, 5.74) is 8.35. The molecule has 1 aliphatic heterocycles. The first-order chi connectivity index (χ1) is 8.69. The number of hydrogen-bond acceptors (Lipinski definition) is 3. The molecule has 0 fully saturated rings. The number of nitrogens with two attached hydrogens (primary N) is 1. The molecule has 0 bridgehead atoms. The van der Waals surface area contributed by atoms with Crippen molar-refractivity contribution in [3.8, 4) is 0 Å². The van der Waals surface area contributed by atoms with Gasteiger partial charge in [-0.2, -0.15) is 0 Å². The van der Waals surface area contributed by atoms with Crippen LogP contribution in [0.1, 0.15) is 30.5 Å². The minimum atomic E-state index is -0.754. The van der Waals surface area contributed by atoms with Gasteiger partial charge in [0.15, 0.2) is 0 Å². The van der Waals surface area contributed by atoms with Crippen molar-refractivity contribution in [1.82, 2.24) is 4.90 Å². The SMILES string of the molecule is CCC(C(=O)O)N1CCc2ccccc2C1CN. The summed E-state index contributed by atoms with van der Waals surface area (Å²) in [6.07, 6.45) is 1.50. The summed E-state index contributed by atoms with van der Waals surface area (Å²) in [5, 5.41) is 9.30. The van der Waals surface area contributed by atoms with Gasteiger partial charge in [0.2, 0.25) is 0 Å². The molecular weight excluding hydrogens is 228 g/mol. The molecule has 4 heteroatoms. The summed E-state index contributed by atoms with van der Waals surface area (Å²) < 4.78 is 0. The predicted octanol–water partition coefficient (Wildman–Crippen LogP) is 1.41. The van der Waals surface area contributed by atoms with E-state index in [2.05, 4.69) is 12.1 Å². The van der Waals surface area contributed by atoms with Crippen LogP contribution in [0.25, 0.3) is 0 Å². The molecule has 0 saturated carbocycles. The van der Waals surface area contributed by atoms with Crippen molar-refractivity contribution < 1.29 is 9.90 Å². The van der Waals surface area contributed by atoms with Crippen molar-refractivity contribution in [2.75, 3.05) is 13.1 Å². The van der Waals surface area contributed by atoms with Gasteiger partial charge in [-0.3, -0.25) is 9.69 Å². The average molecular weight is 248 g/mol. The molecular formula is C14H20N2O2. The second kappa shape index (κ2) is 5.50. The Bertz CT molecular complexity index is 434. The van der Waals surface area contributed by atoms with E-state index in [1.807, 2.05) is 24.0 Å². The molecule has 0 spiro atoms. The van der Waals surface area contributed by atoms with Crippen molar-refractivity contribution in [3.05, 3.63) is 35.4 Å². The Balaban J connectivity index is 2.33. The van der Waals surface area contributed by atoms with E-state index in [1.54, 1.807) is 0 Å². The van der Waals surface area contributed by atoms with Gasteiger partial charge in [-0.15, -0.1) is 0 Å². The van der Waals surface area contributed by atoms with Crippen LogP contribution < -0.4 is 5.73 Å². The molecule has 2 rings (SSSR count). The highest BCUT2D eigenvalue weighted by Crippen LogP contribution is 2.31. The normalized spacial score (nSPS) is 21.3. The Hall–Kier alpha value is -1.39. The molecule has 4 nitrogen and oxygen atoms in total. The summed E-state index contributed by atoms with van der Waals surface area (Å²) in [6.45, 7) is 3.14. The molecule has 98 valence electrons. The number of carboxylic acids is 1. The number of nitrogens with zero attached hydrogens (tertiary/aromatic N) is 1. The predicted molar refractivity (Wildman–Crippen MR) is 70.4 cm³/mol. The van der Waals surface area contributed by atoms with E-state index in [1.165, 1.54) is 11.1 Å². The minimum absolute atomic E-state index is 0.0241. The standard InChI is InChI=1S/C14H20N2O2/c1-2-12(14(17)18)16-8-7-10-5-3-4-6-11(10)13(16)9-15/h3-6,12-13H,2,7-9,15H2,1H3,(H,17,18). The highest BCUT2D eigenvalue weighted by Gasteiger charge is 2.33. The van der Waals surface area contributed by atoms with Gasteiger partial charge in [-0.25, -0.2) is 0 Å². The number of benzene rings is 1. The second-order valence-electron chi connectivity index (χ2n) is 4.70. The number of aliphatic carboxylic acids is 1. The van der Waals surface area contributed by atoms with E-state index >= 15 is 0 Å². The first-order valence-electron chi connectivity index (χ1n) is 6.45. The smallest absolute Gasteiger partial charge is 0.320 e. The minimum Gasteiger partial charge on any atom is -0.480 e. The molecule has 1 aromatic rings. The maximum absolute atomic E-state index is 11.3. The van der Waals surface area contributed by atoms with Gasteiger partial charge in [0.05, 0.1) is 0 Å². The Morgan fingerprint density at radius 2 is 2.28 bits per heavy atom. The monoisotopic (exact) mass is 248 g/mol. The fraction of sp³-hybridized carbons (Fsp3) is 0.500. The maximum Gasteiger partial charge on any atom is 0.320 e. The molecule has 1 heterocycles. The van der Waals surface area contributed by atoms with Crippen LogP contribution in [0.5, 0.6) is 0 Å². The third-order valence-corrected chi connectivity index (χ3v) is 3.75. The lowest BCUT2D eigenvalue weighted by Crippen LogP contribution is -2.48. The van der Waals surface area contributed by atoms with Crippen molar-refractivity contribution >= 4 is 5.97 Å². The summed E-state index contributed by atoms with van der Waals surface area (Å²) in [6, 6.07) is 7.77. The first kappa shape index (κ1) is 13.1. The molecule has 0 aromatic heterocycles. The van der Waals surface area contributed by atoms with Gasteiger partial charge in [-0.05, 0) is 24.0 Å². The number of fused-ring (bicyclic) bond motifs is 1. The molecule has 0 amide bonds. The van der Waals surface area contributed by atoms with Gasteiger partial charge in [0.1, 0.15) is 6.04 Å². The zero-order valence-corrected chi connectivity index (χ0v) is 10.7. The van der Waals surface area contributed by atoms with Gasteiger partial charge in [-0.1, -0.05) is 31.2 Å². The molecule has 3 N–H and O–H groups in total. The fourth-order valence-electron chi connectivity index (χ4n) is 2.86. The molecule has 2 atom stereocenters. The van der Waals surface area contributed by atoms with Crippen molar-refractivity contribution in [3.63, 3.8) is 0 Å². The van der Waals surface area contributed by atoms with Crippen molar-refractivity contribution in [2.45, 2.75) is 31.8 Å². The molecule has 1 aliphatic rings. The van der Waals surface area contributed by atoms with Crippen molar-refractivity contribution in [1.29, 1.82) is 0 Å². The zero-order chi connectivity index (χ0) is 13.1. The second-order valence-corrected chi connectivity index (χ2v) is 4.70. The highest BCUT2D eigenvalue weighted by molar-refractivity contribution is 5.73. The van der Waals surface area contributed by atoms with Crippen LogP contribution in [-0.2, 0) is 11.2 Å². The summed E-state index contributed by atoms with van der Waals surface area (Å²) >= 11 is 0. The first-order valence-corrected chi connectivity index (χ1v) is 6.45. The molecule has 0 aliphatic carbocycles. The molecule has 0 saturated heterocycles. The molecule has 0 radical (unpaired) electrons. The third-order valence-electron chi connectivity index (χ3n) is 3.75. The summed E-state index contributed by atoms with van der Waals surface area (Å²) in [5.74, 6) is -0.754. The molecule has 1 aromatic carbocycles. The largest absolute Gasteiger partial charge is 0.480 e. The number of hydrogen-bond donors (Lipinski definition) is 2. The average Bonchev–Trinajstić information content (AvgIpc) is 2.38. The zero-order valence-electron chi connectivity index (χ0n) is 10.7. The number of carboxylic acid groups (broad SMARTS) is 1. The maximum atomic E-state index is 11.3.